The van der Waals surface area contributed by atoms with Gasteiger partial charge in [-0.15, -0.1) is 0 Å². The Morgan fingerprint density at radius 1 is 1.38 bits per heavy atom. The lowest BCUT2D eigenvalue weighted by molar-refractivity contribution is -0.126. The lowest BCUT2D eigenvalue weighted by atomic mass is 9.92. The molecule has 4 heteroatoms. The van der Waals surface area contributed by atoms with Crippen LogP contribution >= 0.6 is 0 Å². The van der Waals surface area contributed by atoms with Crippen LogP contribution in [0.5, 0.6) is 0 Å². The van der Waals surface area contributed by atoms with Gasteiger partial charge in [0.05, 0.1) is 12.2 Å². The normalized spacial score (nSPS) is 24.4. The maximum atomic E-state index is 11.1. The molecule has 0 aromatic heterocycles. The third-order valence-electron chi connectivity index (χ3n) is 2.36. The van der Waals surface area contributed by atoms with Crippen LogP contribution in [0.1, 0.15) is 20.3 Å². The van der Waals surface area contributed by atoms with E-state index >= 15 is 0 Å². The van der Waals surface area contributed by atoms with E-state index in [1.165, 1.54) is 0 Å². The topological polar surface area (TPSA) is 52.6 Å². The quantitative estimate of drug-likeness (QED) is 0.640. The highest BCUT2D eigenvalue weighted by Crippen LogP contribution is 2.28. The number of hydrogen-bond acceptors (Lipinski definition) is 4. The van der Waals surface area contributed by atoms with Crippen molar-refractivity contribution in [1.29, 1.82) is 0 Å². The molecule has 88 valence electrons. The highest BCUT2D eigenvalue weighted by molar-refractivity contribution is 5.81. The molecule has 0 N–H and O–H groups in total. The minimum atomic E-state index is -0.980. The maximum Gasteiger partial charge on any atom is 0.156 e. The van der Waals surface area contributed by atoms with Crippen LogP contribution in [0, 0.1) is 0 Å². The molecular formula is C12H16O4. The first kappa shape index (κ1) is 12.6. The van der Waals surface area contributed by atoms with Crippen molar-refractivity contribution in [1.82, 2.24) is 0 Å². The zero-order chi connectivity index (χ0) is 12.0. The van der Waals surface area contributed by atoms with E-state index in [0.717, 1.165) is 12.6 Å². The van der Waals surface area contributed by atoms with E-state index in [9.17, 15) is 9.59 Å². The fraction of sp³-hybridized carbons (Fsp3) is 0.500. The highest BCUT2D eigenvalue weighted by Gasteiger charge is 2.33. The van der Waals surface area contributed by atoms with E-state index in [0.29, 0.717) is 24.5 Å². The number of ether oxygens (including phenoxy) is 2. The van der Waals surface area contributed by atoms with Gasteiger partial charge in [-0.25, -0.2) is 0 Å². The van der Waals surface area contributed by atoms with E-state index in [1.807, 2.05) is 13.8 Å². The molecule has 1 unspecified atom stereocenters. The molecule has 0 aromatic carbocycles. The lowest BCUT2D eigenvalue weighted by Crippen LogP contribution is -2.35. The molecule has 0 radical (unpaired) electrons. The summed E-state index contributed by atoms with van der Waals surface area (Å²) in [6.45, 7) is 4.54. The minimum Gasteiger partial charge on any atom is -0.497 e. The van der Waals surface area contributed by atoms with Crippen LogP contribution in [0.2, 0.25) is 0 Å². The van der Waals surface area contributed by atoms with Gasteiger partial charge in [0, 0.05) is 13.0 Å². The predicted octanol–water partition coefficient (Wildman–Crippen LogP) is 1.41. The molecule has 16 heavy (non-hydrogen) atoms. The summed E-state index contributed by atoms with van der Waals surface area (Å²) in [7, 11) is 0. The number of carbonyl (C=O) groups excluding carboxylic acids is 2. The predicted molar refractivity (Wildman–Crippen MR) is 58.9 cm³/mol. The van der Waals surface area contributed by atoms with Crippen LogP contribution < -0.4 is 0 Å². The van der Waals surface area contributed by atoms with Gasteiger partial charge in [0.1, 0.15) is 11.4 Å². The number of aldehydes is 2. The van der Waals surface area contributed by atoms with Gasteiger partial charge in [0.25, 0.3) is 0 Å². The average Bonchev–Trinajstić information content (AvgIpc) is 2.30. The monoisotopic (exact) mass is 224 g/mol. The van der Waals surface area contributed by atoms with Crippen LogP contribution in [0.25, 0.3) is 0 Å². The van der Waals surface area contributed by atoms with Gasteiger partial charge < -0.3 is 9.47 Å². The summed E-state index contributed by atoms with van der Waals surface area (Å²) < 4.78 is 10.8. The molecule has 0 fully saturated rings. The van der Waals surface area contributed by atoms with Gasteiger partial charge in [-0.05, 0) is 26.0 Å². The third-order valence-corrected chi connectivity index (χ3v) is 2.36. The van der Waals surface area contributed by atoms with E-state index in [-0.39, 0.29) is 6.42 Å². The standard InChI is InChI=1S/C12H16O4/c1-3-15-11-7-12(9-14,16-4-2)6-5-10(11)8-13/h5-6,8-9H,3-4,7H2,1-2H3. The maximum absolute atomic E-state index is 11.1. The Balaban J connectivity index is 2.95. The van der Waals surface area contributed by atoms with Gasteiger partial charge in [0.2, 0.25) is 0 Å². The van der Waals surface area contributed by atoms with Crippen molar-refractivity contribution < 1.29 is 19.1 Å². The first-order valence-corrected chi connectivity index (χ1v) is 5.32. The molecule has 1 aliphatic carbocycles. The largest absolute Gasteiger partial charge is 0.497 e. The van der Waals surface area contributed by atoms with Crippen molar-refractivity contribution >= 4 is 12.6 Å². The minimum absolute atomic E-state index is 0.281. The zero-order valence-electron chi connectivity index (χ0n) is 9.56. The number of hydrogen-bond donors (Lipinski definition) is 0. The third kappa shape index (κ3) is 2.58. The summed E-state index contributed by atoms with van der Waals surface area (Å²) in [5, 5.41) is 0. The molecule has 4 nitrogen and oxygen atoms in total. The van der Waals surface area contributed by atoms with E-state index < -0.39 is 5.60 Å². The Labute approximate surface area is 94.9 Å². The van der Waals surface area contributed by atoms with E-state index in [2.05, 4.69) is 0 Å². The summed E-state index contributed by atoms with van der Waals surface area (Å²) in [6.07, 6.45) is 4.93. The second kappa shape index (κ2) is 5.61. The van der Waals surface area contributed by atoms with E-state index in [1.54, 1.807) is 12.2 Å². The second-order valence-corrected chi connectivity index (χ2v) is 3.45. The first-order valence-electron chi connectivity index (χ1n) is 5.32. The molecule has 0 heterocycles. The molecule has 0 aliphatic heterocycles. The van der Waals surface area contributed by atoms with Gasteiger partial charge in [-0.2, -0.15) is 0 Å². The highest BCUT2D eigenvalue weighted by atomic mass is 16.5. The van der Waals surface area contributed by atoms with Crippen molar-refractivity contribution in [2.45, 2.75) is 25.9 Å². The summed E-state index contributed by atoms with van der Waals surface area (Å²) in [4.78, 5) is 21.9. The van der Waals surface area contributed by atoms with E-state index in [4.69, 9.17) is 9.47 Å². The summed E-state index contributed by atoms with van der Waals surface area (Å²) in [5.74, 6) is 0.514. The second-order valence-electron chi connectivity index (χ2n) is 3.45. The smallest absolute Gasteiger partial charge is 0.156 e. The molecule has 0 spiro atoms. The number of rotatable bonds is 6. The molecular weight excluding hydrogens is 208 g/mol. The molecule has 0 saturated heterocycles. The molecule has 0 amide bonds. The zero-order valence-corrected chi connectivity index (χ0v) is 9.56. The lowest BCUT2D eigenvalue weighted by Gasteiger charge is -2.28. The molecule has 0 saturated carbocycles. The first-order chi connectivity index (χ1) is 7.71. The average molecular weight is 224 g/mol. The fourth-order valence-corrected chi connectivity index (χ4v) is 1.63. The Bertz CT molecular complexity index is 330. The van der Waals surface area contributed by atoms with Gasteiger partial charge >= 0.3 is 0 Å². The summed E-state index contributed by atoms with van der Waals surface area (Å²) >= 11 is 0. The van der Waals surface area contributed by atoms with Gasteiger partial charge in [-0.3, -0.25) is 9.59 Å². The van der Waals surface area contributed by atoms with Crippen molar-refractivity contribution in [3.05, 3.63) is 23.5 Å². The molecule has 0 bridgehead atoms. The van der Waals surface area contributed by atoms with Gasteiger partial charge in [0.15, 0.2) is 12.6 Å². The number of carbonyl (C=O) groups is 2. The van der Waals surface area contributed by atoms with Crippen LogP contribution in [-0.2, 0) is 19.1 Å². The van der Waals surface area contributed by atoms with Gasteiger partial charge in [-0.1, -0.05) is 0 Å². The van der Waals surface area contributed by atoms with Crippen molar-refractivity contribution in [3.8, 4) is 0 Å². The van der Waals surface area contributed by atoms with Crippen LogP contribution in [0.4, 0.5) is 0 Å². The Morgan fingerprint density at radius 2 is 2.12 bits per heavy atom. The molecule has 1 atom stereocenters. The molecule has 1 rings (SSSR count). The Hall–Kier alpha value is -1.42. The summed E-state index contributed by atoms with van der Waals surface area (Å²) in [6, 6.07) is 0. The fourth-order valence-electron chi connectivity index (χ4n) is 1.63. The Morgan fingerprint density at radius 3 is 2.62 bits per heavy atom. The van der Waals surface area contributed by atoms with Crippen LogP contribution in [0.15, 0.2) is 23.5 Å². The van der Waals surface area contributed by atoms with Crippen molar-refractivity contribution in [3.63, 3.8) is 0 Å². The van der Waals surface area contributed by atoms with Crippen molar-refractivity contribution in [2.75, 3.05) is 13.2 Å². The number of allylic oxidation sites excluding steroid dienone is 2. The molecule has 0 aromatic rings. The Kier molecular flexibility index (Phi) is 4.43. The van der Waals surface area contributed by atoms with Crippen molar-refractivity contribution in [2.24, 2.45) is 0 Å². The molecule has 1 aliphatic rings. The SMILES string of the molecule is CCOC1=C(C=O)C=CC(C=O)(OCC)C1. The van der Waals surface area contributed by atoms with Crippen LogP contribution in [-0.4, -0.2) is 31.4 Å². The summed E-state index contributed by atoms with van der Waals surface area (Å²) in [5.41, 5.74) is -0.509. The van der Waals surface area contributed by atoms with Crippen LogP contribution in [0.3, 0.4) is 0 Å².